The van der Waals surface area contributed by atoms with E-state index < -0.39 is 0 Å². The number of nitrogens with zero attached hydrogens (tertiary/aromatic N) is 4. The van der Waals surface area contributed by atoms with Crippen LogP contribution in [-0.4, -0.2) is 25.0 Å². The molecule has 5 nitrogen and oxygen atoms in total. The van der Waals surface area contributed by atoms with Crippen LogP contribution < -0.4 is 0 Å². The molecule has 0 saturated carbocycles. The molecule has 88 valence electrons. The van der Waals surface area contributed by atoms with E-state index in [1.165, 1.54) is 6.20 Å². The van der Waals surface area contributed by atoms with Crippen LogP contribution in [-0.2, 0) is 0 Å². The first-order valence-electron chi connectivity index (χ1n) is 5.17. The van der Waals surface area contributed by atoms with Gasteiger partial charge < -0.3 is 5.11 Å². The van der Waals surface area contributed by atoms with Gasteiger partial charge in [0.25, 0.3) is 0 Å². The molecule has 0 saturated heterocycles. The Labute approximate surface area is 107 Å². The minimum absolute atomic E-state index is 0.115. The smallest absolute Gasteiger partial charge is 0.222 e. The van der Waals surface area contributed by atoms with Crippen molar-refractivity contribution in [3.63, 3.8) is 0 Å². The van der Waals surface area contributed by atoms with Crippen LogP contribution in [0.1, 0.15) is 0 Å². The Bertz CT molecular complexity index is 718. The van der Waals surface area contributed by atoms with Gasteiger partial charge in [0.1, 0.15) is 5.52 Å². The predicted octanol–water partition coefficient (Wildman–Crippen LogP) is 2.45. The average molecular weight is 259 g/mol. The van der Waals surface area contributed by atoms with E-state index in [1.54, 1.807) is 30.6 Å². The highest BCUT2D eigenvalue weighted by molar-refractivity contribution is 6.33. The first kappa shape index (κ1) is 10.9. The van der Waals surface area contributed by atoms with Crippen molar-refractivity contribution in [2.24, 2.45) is 0 Å². The van der Waals surface area contributed by atoms with Crippen LogP contribution in [0.4, 0.5) is 0 Å². The molecule has 3 aromatic rings. The minimum atomic E-state index is -0.115. The molecule has 3 heterocycles. The Morgan fingerprint density at radius 2 is 1.78 bits per heavy atom. The van der Waals surface area contributed by atoms with E-state index in [0.717, 1.165) is 5.56 Å². The van der Waals surface area contributed by atoms with Crippen LogP contribution in [0.3, 0.4) is 0 Å². The van der Waals surface area contributed by atoms with E-state index in [-0.39, 0.29) is 11.0 Å². The summed E-state index contributed by atoms with van der Waals surface area (Å²) in [5, 5.41) is 10.6. The van der Waals surface area contributed by atoms with E-state index in [2.05, 4.69) is 19.9 Å². The number of aromatic nitrogens is 4. The molecule has 0 bridgehead atoms. The fraction of sp³-hybridized carbons (Fsp3) is 0. The van der Waals surface area contributed by atoms with Gasteiger partial charge in [0.15, 0.2) is 11.0 Å². The van der Waals surface area contributed by atoms with Crippen molar-refractivity contribution in [3.8, 4) is 17.3 Å². The zero-order chi connectivity index (χ0) is 12.5. The summed E-state index contributed by atoms with van der Waals surface area (Å²) in [4.78, 5) is 16.2. The molecule has 6 heteroatoms. The minimum Gasteiger partial charge on any atom is -0.493 e. The van der Waals surface area contributed by atoms with Gasteiger partial charge in [-0.3, -0.25) is 4.98 Å². The number of pyridine rings is 2. The molecule has 0 spiro atoms. The van der Waals surface area contributed by atoms with Crippen molar-refractivity contribution in [1.29, 1.82) is 0 Å². The van der Waals surface area contributed by atoms with E-state index in [9.17, 15) is 5.11 Å². The summed E-state index contributed by atoms with van der Waals surface area (Å²) in [6, 6.07) is 5.13. The lowest BCUT2D eigenvalue weighted by Crippen LogP contribution is -1.93. The lowest BCUT2D eigenvalue weighted by atomic mass is 10.2. The number of aromatic hydroxyl groups is 1. The van der Waals surface area contributed by atoms with Gasteiger partial charge in [-0.2, -0.15) is 4.98 Å². The summed E-state index contributed by atoms with van der Waals surface area (Å²) in [7, 11) is 0. The third-order valence-corrected chi connectivity index (χ3v) is 2.77. The van der Waals surface area contributed by atoms with Gasteiger partial charge in [0, 0.05) is 24.2 Å². The number of halogens is 1. The number of fused-ring (bicyclic) bond motifs is 1. The lowest BCUT2D eigenvalue weighted by molar-refractivity contribution is 0.460. The maximum absolute atomic E-state index is 9.88. The summed E-state index contributed by atoms with van der Waals surface area (Å²) >= 11 is 5.96. The van der Waals surface area contributed by atoms with Crippen LogP contribution in [0.5, 0.6) is 5.88 Å². The van der Waals surface area contributed by atoms with Gasteiger partial charge in [-0.1, -0.05) is 11.6 Å². The molecule has 0 aromatic carbocycles. The molecule has 1 N–H and O–H groups in total. The highest BCUT2D eigenvalue weighted by Crippen LogP contribution is 2.28. The quantitative estimate of drug-likeness (QED) is 0.679. The highest BCUT2D eigenvalue weighted by Gasteiger charge is 2.11. The van der Waals surface area contributed by atoms with E-state index in [4.69, 9.17) is 11.6 Å². The van der Waals surface area contributed by atoms with Gasteiger partial charge in [-0.15, -0.1) is 0 Å². The molecule has 0 amide bonds. The van der Waals surface area contributed by atoms with Crippen LogP contribution >= 0.6 is 11.6 Å². The van der Waals surface area contributed by atoms with Gasteiger partial charge in [0.2, 0.25) is 5.88 Å². The zero-order valence-electron chi connectivity index (χ0n) is 9.08. The summed E-state index contributed by atoms with van der Waals surface area (Å²) in [6.07, 6.45) is 4.76. The predicted molar refractivity (Wildman–Crippen MR) is 67.2 cm³/mol. The molecule has 0 fully saturated rings. The summed E-state index contributed by atoms with van der Waals surface area (Å²) < 4.78 is 0. The van der Waals surface area contributed by atoms with Crippen LogP contribution in [0.15, 0.2) is 36.8 Å². The molecule has 0 atom stereocenters. The molecule has 0 unspecified atom stereocenters. The SMILES string of the molecule is Oc1nc(-c2ccncc2)nc2c(Cl)nccc12. The van der Waals surface area contributed by atoms with Gasteiger partial charge >= 0.3 is 0 Å². The van der Waals surface area contributed by atoms with Crippen molar-refractivity contribution in [1.82, 2.24) is 19.9 Å². The molecular formula is C12H7ClN4O. The van der Waals surface area contributed by atoms with Crippen LogP contribution in [0, 0.1) is 0 Å². The first-order valence-corrected chi connectivity index (χ1v) is 5.55. The number of rotatable bonds is 1. The standard InChI is InChI=1S/C12H7ClN4O/c13-10-9-8(3-6-15-10)12(18)17-11(16-9)7-1-4-14-5-2-7/h1-6H,(H,16,17,18). The third-order valence-electron chi connectivity index (χ3n) is 2.49. The summed E-state index contributed by atoms with van der Waals surface area (Å²) in [5.74, 6) is 0.272. The Morgan fingerprint density at radius 3 is 2.56 bits per heavy atom. The van der Waals surface area contributed by atoms with Crippen molar-refractivity contribution in [2.75, 3.05) is 0 Å². The molecule has 0 aliphatic rings. The van der Waals surface area contributed by atoms with Crippen molar-refractivity contribution in [3.05, 3.63) is 41.9 Å². The Hall–Kier alpha value is -2.27. The molecule has 0 aliphatic carbocycles. The summed E-state index contributed by atoms with van der Waals surface area (Å²) in [6.45, 7) is 0. The monoisotopic (exact) mass is 258 g/mol. The van der Waals surface area contributed by atoms with Crippen LogP contribution in [0.25, 0.3) is 22.3 Å². The van der Waals surface area contributed by atoms with Crippen molar-refractivity contribution >= 4 is 22.5 Å². The zero-order valence-corrected chi connectivity index (χ0v) is 9.83. The normalized spacial score (nSPS) is 10.7. The maximum atomic E-state index is 9.88. The lowest BCUT2D eigenvalue weighted by Gasteiger charge is -2.04. The number of hydrogen-bond acceptors (Lipinski definition) is 5. The number of hydrogen-bond donors (Lipinski definition) is 1. The fourth-order valence-corrected chi connectivity index (χ4v) is 1.84. The van der Waals surface area contributed by atoms with E-state index >= 15 is 0 Å². The Kier molecular flexibility index (Phi) is 2.53. The molecule has 3 rings (SSSR count). The molecule has 3 aromatic heterocycles. The molecule has 18 heavy (non-hydrogen) atoms. The van der Waals surface area contributed by atoms with E-state index in [1.807, 2.05) is 0 Å². The molecular weight excluding hydrogens is 252 g/mol. The Balaban J connectivity index is 2.31. The topological polar surface area (TPSA) is 71.8 Å². The van der Waals surface area contributed by atoms with Crippen molar-refractivity contribution in [2.45, 2.75) is 0 Å². The summed E-state index contributed by atoms with van der Waals surface area (Å²) in [5.41, 5.74) is 1.18. The second-order valence-corrected chi connectivity index (χ2v) is 3.96. The molecule has 0 radical (unpaired) electrons. The third kappa shape index (κ3) is 1.74. The van der Waals surface area contributed by atoms with Crippen molar-refractivity contribution < 1.29 is 5.11 Å². The Morgan fingerprint density at radius 1 is 1.00 bits per heavy atom. The second-order valence-electron chi connectivity index (χ2n) is 3.60. The highest BCUT2D eigenvalue weighted by atomic mass is 35.5. The average Bonchev–Trinajstić information content (AvgIpc) is 2.41. The van der Waals surface area contributed by atoms with Gasteiger partial charge in [0.05, 0.1) is 5.39 Å². The van der Waals surface area contributed by atoms with Crippen LogP contribution in [0.2, 0.25) is 5.15 Å². The maximum Gasteiger partial charge on any atom is 0.222 e. The molecule has 0 aliphatic heterocycles. The fourth-order valence-electron chi connectivity index (χ4n) is 1.64. The largest absolute Gasteiger partial charge is 0.493 e. The van der Waals surface area contributed by atoms with E-state index in [0.29, 0.717) is 16.7 Å². The first-order chi connectivity index (χ1) is 8.75. The van der Waals surface area contributed by atoms with Gasteiger partial charge in [-0.25, -0.2) is 9.97 Å². The van der Waals surface area contributed by atoms with Gasteiger partial charge in [-0.05, 0) is 18.2 Å². The second kappa shape index (κ2) is 4.19.